The van der Waals surface area contributed by atoms with Crippen molar-refractivity contribution in [2.75, 3.05) is 13.3 Å². The van der Waals surface area contributed by atoms with E-state index in [0.29, 0.717) is 5.56 Å². The lowest BCUT2D eigenvalue weighted by Crippen LogP contribution is -2.70. The number of rotatable bonds is 6. The van der Waals surface area contributed by atoms with Crippen LogP contribution in [-0.4, -0.2) is 71.6 Å². The van der Waals surface area contributed by atoms with Crippen molar-refractivity contribution in [2.45, 2.75) is 31.2 Å². The molecule has 150 valence electrons. The third kappa shape index (κ3) is 3.36. The van der Waals surface area contributed by atoms with E-state index in [4.69, 9.17) is 4.74 Å². The fraction of sp³-hybridized carbons (Fsp3) is 0.438. The molecule has 2 heterocycles. The summed E-state index contributed by atoms with van der Waals surface area (Å²) in [5.74, 6) is -2.06. The fourth-order valence-electron chi connectivity index (χ4n) is 3.35. The number of ether oxygens (including phenoxy) is 1. The van der Waals surface area contributed by atoms with Crippen molar-refractivity contribution in [1.82, 2.24) is 9.21 Å². The molecule has 2 fully saturated rings. The number of likely N-dealkylation sites (N-methyl/N-ethyl adjacent to an activating group) is 1. The van der Waals surface area contributed by atoms with Crippen LogP contribution in [0.2, 0.25) is 0 Å². The molecule has 0 bridgehead atoms. The Hall–Kier alpha value is -2.86. The number of benzene rings is 1. The van der Waals surface area contributed by atoms with Crippen molar-refractivity contribution in [2.24, 2.45) is 0 Å². The molecule has 2 saturated heterocycles. The lowest BCUT2D eigenvalue weighted by atomic mass is 9.96. The Labute approximate surface area is 160 Å². The van der Waals surface area contributed by atoms with Crippen LogP contribution >= 0.6 is 0 Å². The van der Waals surface area contributed by atoms with Gasteiger partial charge in [-0.15, -0.1) is 0 Å². The number of ketones is 1. The van der Waals surface area contributed by atoms with Gasteiger partial charge in [0.1, 0.15) is 12.6 Å². The first-order chi connectivity index (χ1) is 13.0. The summed E-state index contributed by atoms with van der Waals surface area (Å²) in [6.45, 7) is -0.222. The van der Waals surface area contributed by atoms with Crippen molar-refractivity contribution in [1.29, 1.82) is 0 Å². The molecule has 0 radical (unpaired) electrons. The number of non-ortho nitro benzene ring substituents is 1. The van der Waals surface area contributed by atoms with E-state index < -0.39 is 50.7 Å². The molecule has 28 heavy (non-hydrogen) atoms. The summed E-state index contributed by atoms with van der Waals surface area (Å²) in [6.07, 6.45) is 0.823. The first-order valence-electron chi connectivity index (χ1n) is 8.20. The minimum Gasteiger partial charge on any atom is -0.459 e. The molecule has 0 aliphatic carbocycles. The van der Waals surface area contributed by atoms with Gasteiger partial charge in [0.2, 0.25) is 15.9 Å². The Kier molecular flexibility index (Phi) is 4.93. The normalized spacial score (nSPS) is 24.1. The second-order valence-electron chi connectivity index (χ2n) is 6.64. The minimum absolute atomic E-state index is 0.115. The Morgan fingerprint density at radius 3 is 2.46 bits per heavy atom. The van der Waals surface area contributed by atoms with E-state index in [-0.39, 0.29) is 18.7 Å². The van der Waals surface area contributed by atoms with E-state index in [0.717, 1.165) is 15.5 Å². The van der Waals surface area contributed by atoms with E-state index in [1.807, 2.05) is 0 Å². The van der Waals surface area contributed by atoms with E-state index >= 15 is 0 Å². The fourth-order valence-corrected chi connectivity index (χ4v) is 3.99. The SMILES string of the molecule is CN(C1C(=O)N2C(C(=O)OCc3ccc([N+](=O)[O-])cc3)C(=O)CC12)S(C)(=O)=O. The van der Waals surface area contributed by atoms with Gasteiger partial charge in [0.15, 0.2) is 11.8 Å². The van der Waals surface area contributed by atoms with Gasteiger partial charge < -0.3 is 9.64 Å². The van der Waals surface area contributed by atoms with Gasteiger partial charge in [0, 0.05) is 25.6 Å². The molecule has 3 unspecified atom stereocenters. The topological polar surface area (TPSA) is 144 Å². The van der Waals surface area contributed by atoms with E-state index in [2.05, 4.69) is 0 Å². The zero-order valence-corrected chi connectivity index (χ0v) is 15.8. The van der Waals surface area contributed by atoms with Gasteiger partial charge in [-0.05, 0) is 17.7 Å². The van der Waals surface area contributed by atoms with E-state index in [1.165, 1.54) is 31.3 Å². The van der Waals surface area contributed by atoms with Gasteiger partial charge >= 0.3 is 5.97 Å². The lowest BCUT2D eigenvalue weighted by Gasteiger charge is -2.46. The van der Waals surface area contributed by atoms with Gasteiger partial charge in [-0.2, -0.15) is 4.31 Å². The zero-order valence-electron chi connectivity index (χ0n) is 15.0. The van der Waals surface area contributed by atoms with E-state index in [1.54, 1.807) is 0 Å². The summed E-state index contributed by atoms with van der Waals surface area (Å²) >= 11 is 0. The molecule has 1 aromatic rings. The van der Waals surface area contributed by atoms with Crippen molar-refractivity contribution in [3.8, 4) is 0 Å². The number of nitrogens with zero attached hydrogens (tertiary/aromatic N) is 3. The first-order valence-corrected chi connectivity index (χ1v) is 10.0. The van der Waals surface area contributed by atoms with Crippen LogP contribution in [0.25, 0.3) is 0 Å². The number of Topliss-reactive ketones (excluding diaryl/α,β-unsaturated/α-hetero) is 1. The van der Waals surface area contributed by atoms with Gasteiger partial charge in [0.25, 0.3) is 5.69 Å². The van der Waals surface area contributed by atoms with Gasteiger partial charge in [-0.3, -0.25) is 19.7 Å². The van der Waals surface area contributed by atoms with Crippen molar-refractivity contribution in [3.05, 3.63) is 39.9 Å². The summed E-state index contributed by atoms with van der Waals surface area (Å²) in [5.41, 5.74) is 0.363. The van der Waals surface area contributed by atoms with Crippen molar-refractivity contribution < 1.29 is 32.5 Å². The highest BCUT2D eigenvalue weighted by Crippen LogP contribution is 2.37. The molecule has 0 spiro atoms. The molecule has 0 saturated carbocycles. The maximum atomic E-state index is 12.4. The maximum absolute atomic E-state index is 12.4. The molecule has 11 nitrogen and oxygen atoms in total. The maximum Gasteiger partial charge on any atom is 0.337 e. The molecule has 0 aromatic heterocycles. The highest BCUT2D eigenvalue weighted by atomic mass is 32.2. The van der Waals surface area contributed by atoms with E-state index in [9.17, 15) is 32.9 Å². The number of nitro benzene ring substituents is 1. The third-order valence-electron chi connectivity index (χ3n) is 4.89. The van der Waals surface area contributed by atoms with Crippen LogP contribution in [0.3, 0.4) is 0 Å². The average Bonchev–Trinajstić information content (AvgIpc) is 2.92. The second-order valence-corrected chi connectivity index (χ2v) is 8.68. The zero-order chi connectivity index (χ0) is 20.8. The monoisotopic (exact) mass is 411 g/mol. The van der Waals surface area contributed by atoms with Crippen LogP contribution in [0, 0.1) is 10.1 Å². The molecule has 2 aliphatic rings. The highest BCUT2D eigenvalue weighted by Gasteiger charge is 2.62. The van der Waals surface area contributed by atoms with Crippen LogP contribution in [0.1, 0.15) is 12.0 Å². The largest absolute Gasteiger partial charge is 0.459 e. The number of amides is 1. The predicted molar refractivity (Wildman–Crippen MR) is 93.3 cm³/mol. The van der Waals surface area contributed by atoms with Gasteiger partial charge in [-0.1, -0.05) is 0 Å². The minimum atomic E-state index is -3.64. The molecule has 12 heteroatoms. The molecule has 3 atom stereocenters. The summed E-state index contributed by atoms with van der Waals surface area (Å²) in [6, 6.07) is 2.23. The lowest BCUT2D eigenvalue weighted by molar-refractivity contribution is -0.384. The summed E-state index contributed by atoms with van der Waals surface area (Å²) in [5, 5.41) is 10.6. The number of β-lactam (4-membered cyclic amide) rings is 1. The highest BCUT2D eigenvalue weighted by molar-refractivity contribution is 7.88. The quantitative estimate of drug-likeness (QED) is 0.199. The molecule has 2 aliphatic heterocycles. The number of esters is 1. The van der Waals surface area contributed by atoms with Crippen LogP contribution in [0.15, 0.2) is 24.3 Å². The number of nitro groups is 1. The van der Waals surface area contributed by atoms with Crippen LogP contribution in [-0.2, 0) is 35.8 Å². The molecule has 3 rings (SSSR count). The predicted octanol–water partition coefficient (Wildman–Crippen LogP) is -0.550. The number of hydrogen-bond acceptors (Lipinski definition) is 8. The first kappa shape index (κ1) is 19.9. The Morgan fingerprint density at radius 1 is 1.32 bits per heavy atom. The average molecular weight is 411 g/mol. The number of hydrogen-bond donors (Lipinski definition) is 0. The summed E-state index contributed by atoms with van der Waals surface area (Å²) < 4.78 is 29.3. The second kappa shape index (κ2) is 6.95. The smallest absolute Gasteiger partial charge is 0.337 e. The molecule has 1 aromatic carbocycles. The third-order valence-corrected chi connectivity index (χ3v) is 6.16. The van der Waals surface area contributed by atoms with Gasteiger partial charge in [0.05, 0.1) is 17.2 Å². The molecule has 0 N–H and O–H groups in total. The van der Waals surface area contributed by atoms with Crippen LogP contribution in [0.4, 0.5) is 5.69 Å². The number of carbonyl (C=O) groups is 3. The Balaban J connectivity index is 1.66. The Morgan fingerprint density at radius 2 is 1.93 bits per heavy atom. The van der Waals surface area contributed by atoms with Crippen molar-refractivity contribution in [3.63, 3.8) is 0 Å². The molecular formula is C16H17N3O8S. The number of sulfonamides is 1. The standard InChI is InChI=1S/C16H17N3O8S/c1-17(28(2,25)26)13-11-7-12(20)14(18(11)15(13)21)16(22)27-8-9-3-5-10(6-4-9)19(23)24/h3-6,11,13-14H,7-8H2,1-2H3. The van der Waals surface area contributed by atoms with Crippen LogP contribution in [0.5, 0.6) is 0 Å². The summed E-state index contributed by atoms with van der Waals surface area (Å²) in [7, 11) is -2.39. The number of carbonyl (C=O) groups excluding carboxylic acids is 3. The molecular weight excluding hydrogens is 394 g/mol. The molecule has 1 amide bonds. The van der Waals surface area contributed by atoms with Crippen LogP contribution < -0.4 is 0 Å². The van der Waals surface area contributed by atoms with Crippen molar-refractivity contribution >= 4 is 33.4 Å². The summed E-state index contributed by atoms with van der Waals surface area (Å²) in [4.78, 5) is 48.1. The Bertz CT molecular complexity index is 959. The number of fused-ring (bicyclic) bond motifs is 1. The van der Waals surface area contributed by atoms with Gasteiger partial charge in [-0.25, -0.2) is 13.2 Å².